The monoisotopic (exact) mass is 411 g/mol. The van der Waals surface area contributed by atoms with Crippen molar-refractivity contribution in [1.29, 1.82) is 0 Å². The van der Waals surface area contributed by atoms with Gasteiger partial charge in [-0.2, -0.15) is 11.8 Å². The molecule has 1 fully saturated rings. The molecule has 0 saturated heterocycles. The summed E-state index contributed by atoms with van der Waals surface area (Å²) in [4.78, 5) is 12.2. The Labute approximate surface area is 133 Å². The molecule has 1 saturated carbocycles. The molecule has 18 heavy (non-hydrogen) atoms. The average molecular weight is 413 g/mol. The molecule has 0 aromatic carbocycles. The van der Waals surface area contributed by atoms with Gasteiger partial charge in [0.15, 0.2) is 0 Å². The molecule has 0 radical (unpaired) electrons. The van der Waals surface area contributed by atoms with E-state index >= 15 is 0 Å². The van der Waals surface area contributed by atoms with Crippen molar-refractivity contribution in [3.63, 3.8) is 0 Å². The first-order chi connectivity index (χ1) is 8.61. The molecule has 6 heteroatoms. The van der Waals surface area contributed by atoms with Gasteiger partial charge >= 0.3 is 0 Å². The highest BCUT2D eigenvalue weighted by molar-refractivity contribution is 9.12. The minimum Gasteiger partial charge on any atom is -0.348 e. The molecule has 2 nitrogen and oxygen atoms in total. The molecular weight excluding hydrogens is 398 g/mol. The maximum atomic E-state index is 12.2. The summed E-state index contributed by atoms with van der Waals surface area (Å²) in [5, 5.41) is 3.76. The van der Waals surface area contributed by atoms with Crippen LogP contribution in [-0.4, -0.2) is 23.0 Å². The van der Waals surface area contributed by atoms with Crippen molar-refractivity contribution >= 4 is 60.9 Å². The standard InChI is InChI=1S/C12H15Br2NOS2/c1-2-17-9-5-3-4-8(9)15-12(16)7-6-10(13)18-11(7)14/h6,8-9H,2-5H2,1H3,(H,15,16). The largest absolute Gasteiger partial charge is 0.348 e. The van der Waals surface area contributed by atoms with Gasteiger partial charge in [0, 0.05) is 11.3 Å². The van der Waals surface area contributed by atoms with E-state index in [1.165, 1.54) is 24.2 Å². The van der Waals surface area contributed by atoms with Crippen molar-refractivity contribution in [3.05, 3.63) is 19.2 Å². The van der Waals surface area contributed by atoms with Gasteiger partial charge in [-0.15, -0.1) is 11.3 Å². The molecule has 100 valence electrons. The van der Waals surface area contributed by atoms with Crippen LogP contribution in [0.4, 0.5) is 0 Å². The molecule has 2 atom stereocenters. The third kappa shape index (κ3) is 3.52. The van der Waals surface area contributed by atoms with Crippen LogP contribution >= 0.6 is 55.0 Å². The third-order valence-electron chi connectivity index (χ3n) is 3.05. The van der Waals surface area contributed by atoms with Crippen LogP contribution in [-0.2, 0) is 0 Å². The Hall–Kier alpha value is 0.480. The van der Waals surface area contributed by atoms with Crippen molar-refractivity contribution in [3.8, 4) is 0 Å². The molecule has 1 aromatic rings. The first-order valence-corrected chi connectivity index (χ1v) is 9.44. The molecule has 1 aliphatic carbocycles. The van der Waals surface area contributed by atoms with Crippen molar-refractivity contribution in [1.82, 2.24) is 5.32 Å². The molecule has 2 unspecified atom stereocenters. The second-order valence-electron chi connectivity index (χ2n) is 4.24. The summed E-state index contributed by atoms with van der Waals surface area (Å²) in [5.74, 6) is 1.16. The van der Waals surface area contributed by atoms with Gasteiger partial charge in [0.2, 0.25) is 0 Å². The highest BCUT2D eigenvalue weighted by Gasteiger charge is 2.29. The Morgan fingerprint density at radius 3 is 2.94 bits per heavy atom. The van der Waals surface area contributed by atoms with Gasteiger partial charge in [-0.25, -0.2) is 0 Å². The zero-order valence-electron chi connectivity index (χ0n) is 10.0. The molecule has 1 heterocycles. The highest BCUT2D eigenvalue weighted by atomic mass is 79.9. The summed E-state index contributed by atoms with van der Waals surface area (Å²) >= 11 is 10.3. The number of thioether (sulfide) groups is 1. The molecule has 0 bridgehead atoms. The average Bonchev–Trinajstić information content (AvgIpc) is 2.87. The van der Waals surface area contributed by atoms with Crippen molar-refractivity contribution in [2.75, 3.05) is 5.75 Å². The second kappa shape index (κ2) is 6.77. The third-order valence-corrected chi connectivity index (χ3v) is 6.72. The predicted molar refractivity (Wildman–Crippen MR) is 86.7 cm³/mol. The Kier molecular flexibility index (Phi) is 5.60. The van der Waals surface area contributed by atoms with Gasteiger partial charge in [0.05, 0.1) is 13.1 Å². The lowest BCUT2D eigenvalue weighted by atomic mass is 10.2. The molecular formula is C12H15Br2NOS2. The number of rotatable bonds is 4. The van der Waals surface area contributed by atoms with E-state index in [2.05, 4.69) is 44.1 Å². The van der Waals surface area contributed by atoms with Gasteiger partial charge in [0.1, 0.15) is 0 Å². The maximum absolute atomic E-state index is 12.2. The highest BCUT2D eigenvalue weighted by Crippen LogP contribution is 2.33. The lowest BCUT2D eigenvalue weighted by Gasteiger charge is -2.19. The SMILES string of the molecule is CCSC1CCCC1NC(=O)c1cc(Br)sc1Br. The summed E-state index contributed by atoms with van der Waals surface area (Å²) in [7, 11) is 0. The molecule has 1 aromatic heterocycles. The number of hydrogen-bond donors (Lipinski definition) is 1. The fraction of sp³-hybridized carbons (Fsp3) is 0.583. The van der Waals surface area contributed by atoms with Crippen LogP contribution in [0.25, 0.3) is 0 Å². The Bertz CT molecular complexity index is 436. The lowest BCUT2D eigenvalue weighted by Crippen LogP contribution is -2.38. The minimum atomic E-state index is 0.0393. The van der Waals surface area contributed by atoms with Gasteiger partial charge in [-0.05, 0) is 56.5 Å². The van der Waals surface area contributed by atoms with Gasteiger partial charge in [-0.1, -0.05) is 13.3 Å². The molecule has 1 aliphatic rings. The summed E-state index contributed by atoms with van der Waals surface area (Å²) in [6.45, 7) is 2.18. The van der Waals surface area contributed by atoms with Crippen LogP contribution in [0.1, 0.15) is 36.5 Å². The summed E-state index contributed by atoms with van der Waals surface area (Å²) in [6, 6.07) is 2.20. The Morgan fingerprint density at radius 2 is 2.33 bits per heavy atom. The van der Waals surface area contributed by atoms with Crippen LogP contribution in [0, 0.1) is 0 Å². The van der Waals surface area contributed by atoms with Crippen LogP contribution in [0.5, 0.6) is 0 Å². The first kappa shape index (κ1) is 14.9. The molecule has 2 rings (SSSR count). The van der Waals surface area contributed by atoms with E-state index in [4.69, 9.17) is 0 Å². The predicted octanol–water partition coefficient (Wildman–Crippen LogP) is 4.68. The minimum absolute atomic E-state index is 0.0393. The number of halogens is 2. The first-order valence-electron chi connectivity index (χ1n) is 5.99. The normalized spacial score (nSPS) is 23.3. The summed E-state index contributed by atoms with van der Waals surface area (Å²) < 4.78 is 1.87. The summed E-state index contributed by atoms with van der Waals surface area (Å²) in [5.41, 5.74) is 0.735. The number of nitrogens with one attached hydrogen (secondary N) is 1. The van der Waals surface area contributed by atoms with Gasteiger partial charge in [-0.3, -0.25) is 4.79 Å². The summed E-state index contributed by atoms with van der Waals surface area (Å²) in [6.07, 6.45) is 3.54. The number of thiophene rings is 1. The van der Waals surface area contributed by atoms with Gasteiger partial charge in [0.25, 0.3) is 5.91 Å². The van der Waals surface area contributed by atoms with Crippen molar-refractivity contribution in [2.24, 2.45) is 0 Å². The van der Waals surface area contributed by atoms with E-state index in [1.54, 1.807) is 0 Å². The molecule has 1 amide bonds. The van der Waals surface area contributed by atoms with E-state index in [-0.39, 0.29) is 5.91 Å². The maximum Gasteiger partial charge on any atom is 0.253 e. The molecule has 0 aliphatic heterocycles. The zero-order valence-corrected chi connectivity index (χ0v) is 14.8. The van der Waals surface area contributed by atoms with Crippen molar-refractivity contribution < 1.29 is 4.79 Å². The quantitative estimate of drug-likeness (QED) is 0.777. The number of amides is 1. The van der Waals surface area contributed by atoms with E-state index in [9.17, 15) is 4.79 Å². The second-order valence-corrected chi connectivity index (χ2v) is 9.51. The molecule has 0 spiro atoms. The number of carbonyl (C=O) groups is 1. The van der Waals surface area contributed by atoms with Crippen LogP contribution in [0.2, 0.25) is 0 Å². The number of hydrogen-bond acceptors (Lipinski definition) is 3. The van der Waals surface area contributed by atoms with Crippen LogP contribution in [0.15, 0.2) is 13.6 Å². The van der Waals surface area contributed by atoms with E-state index in [0.717, 1.165) is 25.3 Å². The van der Waals surface area contributed by atoms with Crippen LogP contribution in [0.3, 0.4) is 0 Å². The lowest BCUT2D eigenvalue weighted by molar-refractivity contribution is 0.0938. The van der Waals surface area contributed by atoms with E-state index in [1.807, 2.05) is 17.8 Å². The van der Waals surface area contributed by atoms with E-state index < -0.39 is 0 Å². The zero-order chi connectivity index (χ0) is 13.1. The fourth-order valence-corrected chi connectivity index (χ4v) is 6.24. The molecule has 1 N–H and O–H groups in total. The number of carbonyl (C=O) groups excluding carboxylic acids is 1. The Morgan fingerprint density at radius 1 is 1.56 bits per heavy atom. The topological polar surface area (TPSA) is 29.1 Å². The Balaban J connectivity index is 2.00. The van der Waals surface area contributed by atoms with Gasteiger partial charge < -0.3 is 5.32 Å². The smallest absolute Gasteiger partial charge is 0.253 e. The fourth-order valence-electron chi connectivity index (χ4n) is 2.25. The van der Waals surface area contributed by atoms with E-state index in [0.29, 0.717) is 11.3 Å². The van der Waals surface area contributed by atoms with Crippen LogP contribution < -0.4 is 5.32 Å². The van der Waals surface area contributed by atoms with Crippen molar-refractivity contribution in [2.45, 2.75) is 37.5 Å².